The molecular formula is C22H18FN5O2. The van der Waals surface area contributed by atoms with E-state index < -0.39 is 17.1 Å². The molecule has 4 aromatic rings. The number of benzene rings is 2. The van der Waals surface area contributed by atoms with E-state index in [0.29, 0.717) is 12.5 Å². The van der Waals surface area contributed by atoms with Gasteiger partial charge < -0.3 is 4.90 Å². The second-order valence-corrected chi connectivity index (χ2v) is 7.29. The Kier molecular flexibility index (Phi) is 4.39. The highest BCUT2D eigenvalue weighted by Gasteiger charge is 2.19. The molecule has 30 heavy (non-hydrogen) atoms. The van der Waals surface area contributed by atoms with Crippen LogP contribution in [-0.4, -0.2) is 26.1 Å². The van der Waals surface area contributed by atoms with Crippen molar-refractivity contribution in [3.8, 4) is 0 Å². The monoisotopic (exact) mass is 403 g/mol. The first-order valence-corrected chi connectivity index (χ1v) is 9.65. The van der Waals surface area contributed by atoms with Crippen molar-refractivity contribution in [1.82, 2.24) is 19.5 Å². The largest absolute Gasteiger partial charge is 0.336 e. The SMILES string of the molecule is O=c1[nH]c2nc(N3CCc4ccccc4C3)ncc2c(=O)n1Cc1ccccc1F. The number of halogens is 1. The molecule has 0 bridgehead atoms. The molecule has 150 valence electrons. The topological polar surface area (TPSA) is 83.9 Å². The van der Waals surface area contributed by atoms with Gasteiger partial charge in [-0.15, -0.1) is 0 Å². The highest BCUT2D eigenvalue weighted by molar-refractivity contribution is 5.73. The van der Waals surface area contributed by atoms with E-state index in [9.17, 15) is 14.0 Å². The molecule has 0 saturated heterocycles. The van der Waals surface area contributed by atoms with Gasteiger partial charge in [-0.05, 0) is 23.6 Å². The number of hydrogen-bond donors (Lipinski definition) is 1. The molecule has 7 nitrogen and oxygen atoms in total. The van der Waals surface area contributed by atoms with Gasteiger partial charge in [0.15, 0.2) is 5.65 Å². The number of fused-ring (bicyclic) bond motifs is 2. The Balaban J connectivity index is 1.51. The average Bonchev–Trinajstić information content (AvgIpc) is 2.77. The van der Waals surface area contributed by atoms with Crippen LogP contribution in [0.3, 0.4) is 0 Å². The molecule has 3 heterocycles. The van der Waals surface area contributed by atoms with Gasteiger partial charge in [0, 0.05) is 24.8 Å². The number of anilines is 1. The Morgan fingerprint density at radius 3 is 2.63 bits per heavy atom. The number of aromatic nitrogens is 4. The number of H-pyrrole nitrogens is 1. The first-order valence-electron chi connectivity index (χ1n) is 9.65. The third-order valence-corrected chi connectivity index (χ3v) is 5.42. The first-order chi connectivity index (χ1) is 14.6. The maximum absolute atomic E-state index is 14.0. The summed E-state index contributed by atoms with van der Waals surface area (Å²) in [6.45, 7) is 1.24. The molecule has 2 aromatic heterocycles. The fourth-order valence-corrected chi connectivity index (χ4v) is 3.79. The smallest absolute Gasteiger partial charge is 0.330 e. The zero-order valence-electron chi connectivity index (χ0n) is 16.0. The molecular weight excluding hydrogens is 385 g/mol. The minimum absolute atomic E-state index is 0.165. The highest BCUT2D eigenvalue weighted by Crippen LogP contribution is 2.22. The predicted molar refractivity (Wildman–Crippen MR) is 111 cm³/mol. The second kappa shape index (κ2) is 7.22. The van der Waals surface area contributed by atoms with Gasteiger partial charge in [-0.2, -0.15) is 4.98 Å². The highest BCUT2D eigenvalue weighted by atomic mass is 19.1. The van der Waals surface area contributed by atoms with E-state index in [-0.39, 0.29) is 23.1 Å². The zero-order valence-corrected chi connectivity index (χ0v) is 16.0. The van der Waals surface area contributed by atoms with Crippen LogP contribution in [0.25, 0.3) is 11.0 Å². The zero-order chi connectivity index (χ0) is 20.7. The van der Waals surface area contributed by atoms with E-state index in [2.05, 4.69) is 27.1 Å². The van der Waals surface area contributed by atoms with E-state index in [1.54, 1.807) is 18.2 Å². The van der Waals surface area contributed by atoms with Gasteiger partial charge in [0.25, 0.3) is 5.56 Å². The molecule has 5 rings (SSSR count). The average molecular weight is 403 g/mol. The van der Waals surface area contributed by atoms with Crippen LogP contribution in [0.2, 0.25) is 0 Å². The number of nitrogens with zero attached hydrogens (tertiary/aromatic N) is 4. The molecule has 0 fully saturated rings. The maximum Gasteiger partial charge on any atom is 0.330 e. The van der Waals surface area contributed by atoms with E-state index in [4.69, 9.17) is 0 Å². The molecule has 1 aliphatic heterocycles. The van der Waals surface area contributed by atoms with Crippen molar-refractivity contribution in [3.05, 3.63) is 98.1 Å². The van der Waals surface area contributed by atoms with Crippen LogP contribution in [0.4, 0.5) is 10.3 Å². The maximum atomic E-state index is 14.0. The number of aromatic amines is 1. The van der Waals surface area contributed by atoms with Crippen molar-refractivity contribution >= 4 is 17.0 Å². The van der Waals surface area contributed by atoms with Gasteiger partial charge in [-0.3, -0.25) is 14.3 Å². The lowest BCUT2D eigenvalue weighted by atomic mass is 10.0. The third kappa shape index (κ3) is 3.16. The van der Waals surface area contributed by atoms with Crippen LogP contribution in [0.1, 0.15) is 16.7 Å². The number of nitrogens with one attached hydrogen (secondary N) is 1. The summed E-state index contributed by atoms with van der Waals surface area (Å²) in [5.74, 6) is -0.0141. The minimum Gasteiger partial charge on any atom is -0.336 e. The van der Waals surface area contributed by atoms with Crippen LogP contribution in [-0.2, 0) is 19.5 Å². The summed E-state index contributed by atoms with van der Waals surface area (Å²) in [6, 6.07) is 14.3. The quantitative estimate of drug-likeness (QED) is 0.567. The molecule has 0 unspecified atom stereocenters. The summed E-state index contributed by atoms with van der Waals surface area (Å²) in [5, 5.41) is 0.187. The third-order valence-electron chi connectivity index (χ3n) is 5.42. The lowest BCUT2D eigenvalue weighted by Crippen LogP contribution is -2.36. The molecule has 0 radical (unpaired) electrons. The van der Waals surface area contributed by atoms with Gasteiger partial charge in [0.1, 0.15) is 11.2 Å². The molecule has 1 aliphatic rings. The van der Waals surface area contributed by atoms with Crippen LogP contribution in [0.15, 0.2) is 64.3 Å². The normalized spacial score (nSPS) is 13.4. The summed E-state index contributed by atoms with van der Waals surface area (Å²) in [4.78, 5) is 38.8. The molecule has 0 saturated carbocycles. The molecule has 0 amide bonds. The van der Waals surface area contributed by atoms with Gasteiger partial charge in [-0.1, -0.05) is 42.5 Å². The Labute approximate surface area is 170 Å². The van der Waals surface area contributed by atoms with E-state index in [1.165, 1.54) is 23.4 Å². The first kappa shape index (κ1) is 18.2. The number of hydrogen-bond acceptors (Lipinski definition) is 5. The van der Waals surface area contributed by atoms with Crippen molar-refractivity contribution < 1.29 is 4.39 Å². The summed E-state index contributed by atoms with van der Waals surface area (Å²) < 4.78 is 14.9. The lowest BCUT2D eigenvalue weighted by Gasteiger charge is -2.28. The standard InChI is InChI=1S/C22H18FN5O2/c23-18-8-4-3-7-16(18)13-28-20(29)17-11-24-21(25-19(17)26-22(28)30)27-10-9-14-5-1-2-6-15(14)12-27/h1-8,11H,9-10,12-13H2,(H,24,25,26,30). The molecule has 8 heteroatoms. The van der Waals surface area contributed by atoms with Crippen LogP contribution in [0.5, 0.6) is 0 Å². The minimum atomic E-state index is -0.635. The molecule has 0 aliphatic carbocycles. The summed E-state index contributed by atoms with van der Waals surface area (Å²) in [5.41, 5.74) is 1.77. The lowest BCUT2D eigenvalue weighted by molar-refractivity contribution is 0.590. The summed E-state index contributed by atoms with van der Waals surface area (Å²) in [7, 11) is 0. The molecule has 0 atom stereocenters. The van der Waals surface area contributed by atoms with Crippen LogP contribution in [0, 0.1) is 5.82 Å². The Morgan fingerprint density at radius 1 is 1.03 bits per heavy atom. The summed E-state index contributed by atoms with van der Waals surface area (Å²) in [6.07, 6.45) is 2.30. The van der Waals surface area contributed by atoms with Gasteiger partial charge in [0.2, 0.25) is 5.95 Å². The fraction of sp³-hybridized carbons (Fsp3) is 0.182. The van der Waals surface area contributed by atoms with Crippen molar-refractivity contribution in [2.24, 2.45) is 0 Å². The Hall–Kier alpha value is -3.81. The van der Waals surface area contributed by atoms with Gasteiger partial charge in [0.05, 0.1) is 6.54 Å². The van der Waals surface area contributed by atoms with Crippen molar-refractivity contribution in [2.75, 3.05) is 11.4 Å². The Morgan fingerprint density at radius 2 is 1.80 bits per heavy atom. The van der Waals surface area contributed by atoms with Crippen LogP contribution >= 0.6 is 0 Å². The van der Waals surface area contributed by atoms with E-state index >= 15 is 0 Å². The fourth-order valence-electron chi connectivity index (χ4n) is 3.79. The van der Waals surface area contributed by atoms with Crippen molar-refractivity contribution in [3.63, 3.8) is 0 Å². The summed E-state index contributed by atoms with van der Waals surface area (Å²) >= 11 is 0. The Bertz CT molecular complexity index is 1380. The second-order valence-electron chi connectivity index (χ2n) is 7.29. The van der Waals surface area contributed by atoms with E-state index in [0.717, 1.165) is 17.5 Å². The van der Waals surface area contributed by atoms with Crippen LogP contribution < -0.4 is 16.1 Å². The number of rotatable bonds is 3. The predicted octanol–water partition coefficient (Wildman–Crippen LogP) is 2.23. The van der Waals surface area contributed by atoms with Crippen molar-refractivity contribution in [2.45, 2.75) is 19.5 Å². The van der Waals surface area contributed by atoms with Gasteiger partial charge in [-0.25, -0.2) is 14.2 Å². The van der Waals surface area contributed by atoms with Gasteiger partial charge >= 0.3 is 5.69 Å². The molecule has 1 N–H and O–H groups in total. The molecule has 0 spiro atoms. The van der Waals surface area contributed by atoms with Crippen molar-refractivity contribution in [1.29, 1.82) is 0 Å². The molecule has 2 aromatic carbocycles. The van der Waals surface area contributed by atoms with E-state index in [1.807, 2.05) is 17.0 Å².